The van der Waals surface area contributed by atoms with E-state index in [4.69, 9.17) is 4.74 Å². The van der Waals surface area contributed by atoms with E-state index in [0.717, 1.165) is 19.5 Å². The summed E-state index contributed by atoms with van der Waals surface area (Å²) >= 11 is 0. The SMILES string of the molecule is CCCCCC(C)(C)CN1CCC1C(=O)OC. The van der Waals surface area contributed by atoms with Gasteiger partial charge in [0.1, 0.15) is 6.04 Å². The molecule has 0 bridgehead atoms. The van der Waals surface area contributed by atoms with Crippen LogP contribution in [-0.4, -0.2) is 37.1 Å². The Morgan fingerprint density at radius 3 is 2.59 bits per heavy atom. The second-order valence-corrected chi connectivity index (χ2v) is 5.92. The van der Waals surface area contributed by atoms with Crippen LogP contribution in [0.4, 0.5) is 0 Å². The van der Waals surface area contributed by atoms with E-state index in [2.05, 4.69) is 25.7 Å². The molecule has 1 fully saturated rings. The number of hydrogen-bond acceptors (Lipinski definition) is 3. The summed E-state index contributed by atoms with van der Waals surface area (Å²) in [6.07, 6.45) is 6.07. The maximum atomic E-state index is 11.5. The number of methoxy groups -OCH3 is 1. The molecule has 100 valence electrons. The first kappa shape index (κ1) is 14.5. The average Bonchev–Trinajstić information content (AvgIpc) is 2.24. The van der Waals surface area contributed by atoms with Crippen LogP contribution in [0, 0.1) is 5.41 Å². The van der Waals surface area contributed by atoms with Crippen LogP contribution < -0.4 is 0 Å². The molecule has 0 N–H and O–H groups in total. The number of rotatable bonds is 7. The van der Waals surface area contributed by atoms with Crippen LogP contribution in [0.3, 0.4) is 0 Å². The highest BCUT2D eigenvalue weighted by molar-refractivity contribution is 5.76. The lowest BCUT2D eigenvalue weighted by molar-refractivity contribution is -0.152. The zero-order valence-corrected chi connectivity index (χ0v) is 11.8. The molecule has 1 atom stereocenters. The lowest BCUT2D eigenvalue weighted by atomic mass is 9.84. The largest absolute Gasteiger partial charge is 0.468 e. The van der Waals surface area contributed by atoms with Crippen molar-refractivity contribution in [2.45, 2.75) is 58.9 Å². The van der Waals surface area contributed by atoms with Gasteiger partial charge in [-0.05, 0) is 18.3 Å². The molecule has 0 aromatic carbocycles. The monoisotopic (exact) mass is 241 g/mol. The van der Waals surface area contributed by atoms with Gasteiger partial charge in [0.05, 0.1) is 7.11 Å². The van der Waals surface area contributed by atoms with E-state index in [-0.39, 0.29) is 12.0 Å². The van der Waals surface area contributed by atoms with E-state index in [1.54, 1.807) is 0 Å². The Kier molecular flexibility index (Phi) is 5.44. The average molecular weight is 241 g/mol. The first-order chi connectivity index (χ1) is 8.00. The normalized spacial score (nSPS) is 21.1. The summed E-state index contributed by atoms with van der Waals surface area (Å²) in [6.45, 7) is 8.88. The quantitative estimate of drug-likeness (QED) is 0.507. The molecule has 0 aromatic heterocycles. The number of likely N-dealkylation sites (tertiary alicyclic amines) is 1. The van der Waals surface area contributed by atoms with Gasteiger partial charge < -0.3 is 4.74 Å². The Hall–Kier alpha value is -0.570. The standard InChI is InChI=1S/C14H27NO2/c1-5-6-7-9-14(2,3)11-15-10-8-12(15)13(16)17-4/h12H,5-11H2,1-4H3. The van der Waals surface area contributed by atoms with Crippen molar-refractivity contribution < 1.29 is 9.53 Å². The highest BCUT2D eigenvalue weighted by atomic mass is 16.5. The second-order valence-electron chi connectivity index (χ2n) is 5.92. The number of unbranched alkanes of at least 4 members (excludes halogenated alkanes) is 2. The summed E-state index contributed by atoms with van der Waals surface area (Å²) in [5, 5.41) is 0. The predicted octanol–water partition coefficient (Wildman–Crippen LogP) is 2.84. The Bertz CT molecular complexity index is 251. The fourth-order valence-corrected chi connectivity index (χ4v) is 2.52. The Morgan fingerprint density at radius 2 is 2.12 bits per heavy atom. The van der Waals surface area contributed by atoms with Crippen LogP contribution in [0.2, 0.25) is 0 Å². The number of esters is 1. The topological polar surface area (TPSA) is 29.5 Å². The van der Waals surface area contributed by atoms with Gasteiger partial charge in [-0.3, -0.25) is 9.69 Å². The van der Waals surface area contributed by atoms with Crippen molar-refractivity contribution in [2.75, 3.05) is 20.2 Å². The van der Waals surface area contributed by atoms with E-state index < -0.39 is 0 Å². The Balaban J connectivity index is 2.34. The zero-order valence-electron chi connectivity index (χ0n) is 11.8. The molecule has 1 heterocycles. The van der Waals surface area contributed by atoms with Gasteiger partial charge in [0.2, 0.25) is 0 Å². The molecule has 17 heavy (non-hydrogen) atoms. The molecule has 1 saturated heterocycles. The van der Waals surface area contributed by atoms with Crippen molar-refractivity contribution in [2.24, 2.45) is 5.41 Å². The molecule has 1 rings (SSSR count). The number of carbonyl (C=O) groups is 1. The third kappa shape index (κ3) is 4.30. The molecule has 0 spiro atoms. The van der Waals surface area contributed by atoms with Crippen molar-refractivity contribution in [3.63, 3.8) is 0 Å². The van der Waals surface area contributed by atoms with Gasteiger partial charge in [0.15, 0.2) is 0 Å². The molecule has 1 unspecified atom stereocenters. The van der Waals surface area contributed by atoms with Crippen LogP contribution in [0.5, 0.6) is 0 Å². The highest BCUT2D eigenvalue weighted by Gasteiger charge is 2.37. The summed E-state index contributed by atoms with van der Waals surface area (Å²) in [7, 11) is 1.48. The van der Waals surface area contributed by atoms with E-state index in [1.165, 1.54) is 32.8 Å². The molecule has 0 aromatic rings. The summed E-state index contributed by atoms with van der Waals surface area (Å²) < 4.78 is 4.82. The zero-order chi connectivity index (χ0) is 12.9. The maximum absolute atomic E-state index is 11.5. The summed E-state index contributed by atoms with van der Waals surface area (Å²) in [5.41, 5.74) is 0.307. The molecular formula is C14H27NO2. The van der Waals surface area contributed by atoms with Crippen molar-refractivity contribution >= 4 is 5.97 Å². The lowest BCUT2D eigenvalue weighted by Gasteiger charge is -2.43. The molecule has 1 aliphatic heterocycles. The first-order valence-corrected chi connectivity index (χ1v) is 6.82. The molecule has 0 radical (unpaired) electrons. The minimum absolute atomic E-state index is 0.0189. The van der Waals surface area contributed by atoms with Gasteiger partial charge in [-0.1, -0.05) is 40.0 Å². The van der Waals surface area contributed by atoms with Crippen molar-refractivity contribution in [1.29, 1.82) is 0 Å². The minimum Gasteiger partial charge on any atom is -0.468 e. The van der Waals surface area contributed by atoms with E-state index in [9.17, 15) is 4.79 Å². The Labute approximate surface area is 106 Å². The maximum Gasteiger partial charge on any atom is 0.323 e. The summed E-state index contributed by atoms with van der Waals surface area (Å²) in [4.78, 5) is 13.7. The first-order valence-electron chi connectivity index (χ1n) is 6.82. The van der Waals surface area contributed by atoms with Crippen molar-refractivity contribution in [3.8, 4) is 0 Å². The van der Waals surface area contributed by atoms with Crippen LogP contribution >= 0.6 is 0 Å². The molecule has 0 aliphatic carbocycles. The third-order valence-corrected chi connectivity index (χ3v) is 3.69. The van der Waals surface area contributed by atoms with Gasteiger partial charge in [0.25, 0.3) is 0 Å². The smallest absolute Gasteiger partial charge is 0.323 e. The molecule has 0 amide bonds. The molecule has 0 saturated carbocycles. The number of nitrogens with zero attached hydrogens (tertiary/aromatic N) is 1. The second kappa shape index (κ2) is 6.39. The highest BCUT2D eigenvalue weighted by Crippen LogP contribution is 2.29. The Morgan fingerprint density at radius 1 is 1.41 bits per heavy atom. The van der Waals surface area contributed by atoms with Gasteiger partial charge in [-0.15, -0.1) is 0 Å². The predicted molar refractivity (Wildman–Crippen MR) is 69.9 cm³/mol. The number of hydrogen-bond donors (Lipinski definition) is 0. The van der Waals surface area contributed by atoms with E-state index in [1.807, 2.05) is 0 Å². The fourth-order valence-electron chi connectivity index (χ4n) is 2.52. The van der Waals surface area contributed by atoms with Crippen LogP contribution in [0.1, 0.15) is 52.9 Å². The van der Waals surface area contributed by atoms with Crippen LogP contribution in [0.15, 0.2) is 0 Å². The van der Waals surface area contributed by atoms with Crippen molar-refractivity contribution in [3.05, 3.63) is 0 Å². The lowest BCUT2D eigenvalue weighted by Crippen LogP contribution is -2.55. The van der Waals surface area contributed by atoms with Gasteiger partial charge >= 0.3 is 5.97 Å². The molecular weight excluding hydrogens is 214 g/mol. The van der Waals surface area contributed by atoms with Gasteiger partial charge in [-0.25, -0.2) is 0 Å². The van der Waals surface area contributed by atoms with Crippen LogP contribution in [-0.2, 0) is 9.53 Å². The number of ether oxygens (including phenoxy) is 1. The molecule has 3 nitrogen and oxygen atoms in total. The third-order valence-electron chi connectivity index (χ3n) is 3.69. The molecule has 1 aliphatic rings. The summed E-state index contributed by atoms with van der Waals surface area (Å²) in [6, 6.07) is 0.0189. The van der Waals surface area contributed by atoms with E-state index in [0.29, 0.717) is 5.41 Å². The summed E-state index contributed by atoms with van der Waals surface area (Å²) in [5.74, 6) is -0.0689. The van der Waals surface area contributed by atoms with Crippen molar-refractivity contribution in [1.82, 2.24) is 4.90 Å². The fraction of sp³-hybridized carbons (Fsp3) is 0.929. The van der Waals surface area contributed by atoms with Crippen LogP contribution in [0.25, 0.3) is 0 Å². The van der Waals surface area contributed by atoms with Gasteiger partial charge in [-0.2, -0.15) is 0 Å². The number of carbonyl (C=O) groups excluding carboxylic acids is 1. The molecule has 3 heteroatoms. The van der Waals surface area contributed by atoms with E-state index >= 15 is 0 Å². The minimum atomic E-state index is -0.0689. The van der Waals surface area contributed by atoms with Gasteiger partial charge in [0, 0.05) is 13.1 Å².